The van der Waals surface area contributed by atoms with Crippen LogP contribution >= 0.6 is 57.7 Å². The van der Waals surface area contributed by atoms with Crippen LogP contribution in [0, 0.1) is 18.3 Å². The van der Waals surface area contributed by atoms with E-state index in [9.17, 15) is 27.8 Å². The maximum atomic E-state index is 12.4. The number of hydrogen-bond donors (Lipinski definition) is 5. The number of nitriles is 1. The normalized spacial score (nSPS) is 11.5. The first-order valence-electron chi connectivity index (χ1n) is 17.0. The number of halogens is 4. The molecule has 304 valence electrons. The molecule has 0 aliphatic carbocycles. The van der Waals surface area contributed by atoms with Crippen molar-refractivity contribution in [3.63, 3.8) is 0 Å². The predicted octanol–water partition coefficient (Wildman–Crippen LogP) is 12.4. The van der Waals surface area contributed by atoms with E-state index >= 15 is 0 Å². The van der Waals surface area contributed by atoms with Crippen LogP contribution in [0.15, 0.2) is 110 Å². The quantitative estimate of drug-likeness (QED) is 0.0508. The second kappa shape index (κ2) is 18.9. The number of carboxylic acids is 1. The van der Waals surface area contributed by atoms with Gasteiger partial charge in [0.2, 0.25) is 11.0 Å². The molecule has 22 heteroatoms. The SMILES string of the molecule is Cc1c(C#N)c(Nc2ccc(Cl)c(S(=O)(=O)O)c2)nc(Nc2ccc(Cl)cc2)c1N=Nc1nc(-c2cccc(NC(=O)CCC(=O)O)c2)c(N=Nc2cc(Cl)ccc2Cl)s1. The largest absolute Gasteiger partial charge is 0.481 e. The van der Waals surface area contributed by atoms with E-state index in [1.807, 2.05) is 0 Å². The smallest absolute Gasteiger partial charge is 0.303 e. The second-order valence-electron chi connectivity index (χ2n) is 12.3. The minimum absolute atomic E-state index is 0.00265. The molecule has 0 aliphatic heterocycles. The summed E-state index contributed by atoms with van der Waals surface area (Å²) in [5.41, 5.74) is 2.53. The number of anilines is 5. The summed E-state index contributed by atoms with van der Waals surface area (Å²) in [4.78, 5) is 32.2. The lowest BCUT2D eigenvalue weighted by atomic mass is 10.1. The number of aliphatic carboxylic acids is 1. The number of benzene rings is 4. The van der Waals surface area contributed by atoms with Crippen molar-refractivity contribution in [2.75, 3.05) is 16.0 Å². The number of aromatic nitrogens is 2. The number of hydrogen-bond acceptors (Lipinski definition) is 14. The van der Waals surface area contributed by atoms with Crippen molar-refractivity contribution in [3.05, 3.63) is 116 Å². The van der Waals surface area contributed by atoms with Gasteiger partial charge in [0.05, 0.1) is 22.0 Å². The van der Waals surface area contributed by atoms with Crippen LogP contribution < -0.4 is 16.0 Å². The van der Waals surface area contributed by atoms with Crippen LogP contribution in [0.5, 0.6) is 0 Å². The summed E-state index contributed by atoms with van der Waals surface area (Å²) in [6, 6.07) is 23.8. The monoisotopic (exact) mass is 922 g/mol. The van der Waals surface area contributed by atoms with Gasteiger partial charge in [-0.2, -0.15) is 13.7 Å². The van der Waals surface area contributed by atoms with E-state index in [1.54, 1.807) is 67.6 Å². The maximum Gasteiger partial charge on any atom is 0.303 e. The minimum atomic E-state index is -4.69. The van der Waals surface area contributed by atoms with Crippen LogP contribution in [-0.2, 0) is 19.7 Å². The van der Waals surface area contributed by atoms with Crippen LogP contribution in [0.2, 0.25) is 20.1 Å². The van der Waals surface area contributed by atoms with E-state index in [0.717, 1.165) is 17.4 Å². The third-order valence-corrected chi connectivity index (χ3v) is 11.0. The Morgan fingerprint density at radius 1 is 0.800 bits per heavy atom. The van der Waals surface area contributed by atoms with Gasteiger partial charge in [-0.25, -0.2) is 9.97 Å². The number of azo groups is 2. The Kier molecular flexibility index (Phi) is 13.7. The Labute approximate surface area is 365 Å². The first-order chi connectivity index (χ1) is 28.6. The average Bonchev–Trinajstić information content (AvgIpc) is 3.61. The summed E-state index contributed by atoms with van der Waals surface area (Å²) in [7, 11) is -4.69. The van der Waals surface area contributed by atoms with Crippen LogP contribution in [0.25, 0.3) is 11.3 Å². The highest BCUT2D eigenvalue weighted by atomic mass is 35.5. The van der Waals surface area contributed by atoms with Crippen LogP contribution in [-0.4, -0.2) is 39.9 Å². The fraction of sp³-hybridized carbons (Fsp3) is 0.0789. The predicted molar refractivity (Wildman–Crippen MR) is 231 cm³/mol. The van der Waals surface area contributed by atoms with E-state index < -0.39 is 26.9 Å². The van der Waals surface area contributed by atoms with Crippen LogP contribution in [0.3, 0.4) is 0 Å². The molecule has 0 aliphatic rings. The zero-order chi connectivity index (χ0) is 43.1. The topological polar surface area (TPSA) is 244 Å². The van der Waals surface area contributed by atoms with E-state index in [1.165, 1.54) is 18.2 Å². The van der Waals surface area contributed by atoms with Gasteiger partial charge in [-0.15, -0.1) is 20.5 Å². The lowest BCUT2D eigenvalue weighted by molar-refractivity contribution is -0.138. The van der Waals surface area contributed by atoms with Crippen LogP contribution in [0.4, 0.5) is 50.2 Å². The van der Waals surface area contributed by atoms with Crippen molar-refractivity contribution in [1.82, 2.24) is 9.97 Å². The van der Waals surface area contributed by atoms with Gasteiger partial charge in [0.1, 0.15) is 28.0 Å². The summed E-state index contributed by atoms with van der Waals surface area (Å²) in [5, 5.41) is 46.9. The first kappa shape index (κ1) is 43.5. The van der Waals surface area contributed by atoms with Gasteiger partial charge in [-0.3, -0.25) is 14.1 Å². The van der Waals surface area contributed by atoms with E-state index in [4.69, 9.17) is 51.5 Å². The molecule has 16 nitrogen and oxygen atoms in total. The van der Waals surface area contributed by atoms with Crippen molar-refractivity contribution in [2.45, 2.75) is 24.7 Å². The molecule has 2 heterocycles. The number of thiazole rings is 1. The molecular weight excluding hydrogens is 898 g/mol. The molecule has 5 N–H and O–H groups in total. The third kappa shape index (κ3) is 11.0. The maximum absolute atomic E-state index is 12.4. The minimum Gasteiger partial charge on any atom is -0.481 e. The Morgan fingerprint density at radius 3 is 2.22 bits per heavy atom. The van der Waals surface area contributed by atoms with Gasteiger partial charge < -0.3 is 21.1 Å². The molecule has 1 amide bonds. The van der Waals surface area contributed by atoms with Gasteiger partial charge in [0.25, 0.3) is 10.1 Å². The molecule has 0 saturated carbocycles. The van der Waals surface area contributed by atoms with Gasteiger partial charge in [-0.1, -0.05) is 69.9 Å². The molecule has 0 radical (unpaired) electrons. The molecule has 0 atom stereocenters. The second-order valence-corrected chi connectivity index (χ2v) is 16.3. The number of amides is 1. The van der Waals surface area contributed by atoms with Crippen molar-refractivity contribution >= 4 is 130 Å². The third-order valence-electron chi connectivity index (χ3n) is 8.08. The Bertz CT molecular complexity index is 2870. The Hall–Kier alpha value is -6.04. The standard InChI is InChI=1S/C38H26Cl4N10O6S2/c1-19-26(18-43)35(46-25-10-12-28(42)30(17-25)60(56,57)58)48-36(45-23-8-5-21(39)6-9-23)33(19)50-52-38-47-34(37(59-38)51-49-29-16-22(40)7-11-27(29)41)20-3-2-4-24(15-20)44-31(53)13-14-32(54)55/h2-12,15-17H,13-14H2,1H3,(H,44,53)(H,54,55)(H2,45,46,48)(H,56,57,58). The summed E-state index contributed by atoms with van der Waals surface area (Å²) in [5.74, 6) is -1.49. The first-order valence-corrected chi connectivity index (χ1v) is 20.8. The summed E-state index contributed by atoms with van der Waals surface area (Å²) < 4.78 is 33.6. The molecule has 60 heavy (non-hydrogen) atoms. The molecule has 0 unspecified atom stereocenters. The zero-order valence-corrected chi connectivity index (χ0v) is 35.1. The molecule has 0 bridgehead atoms. The van der Waals surface area contributed by atoms with E-state index in [-0.39, 0.29) is 73.0 Å². The molecule has 6 aromatic rings. The van der Waals surface area contributed by atoms with Gasteiger partial charge in [0, 0.05) is 44.7 Å². The highest BCUT2D eigenvalue weighted by Gasteiger charge is 2.21. The lowest BCUT2D eigenvalue weighted by Crippen LogP contribution is -2.13. The Balaban J connectivity index is 1.44. The molecule has 6 rings (SSSR count). The zero-order valence-electron chi connectivity index (χ0n) is 30.5. The number of carboxylic acid groups (broad SMARTS) is 1. The van der Waals surface area contributed by atoms with Crippen LogP contribution in [0.1, 0.15) is 24.0 Å². The van der Waals surface area contributed by atoms with E-state index in [0.29, 0.717) is 32.5 Å². The number of nitrogens with one attached hydrogen (secondary N) is 3. The molecule has 4 aromatic carbocycles. The van der Waals surface area contributed by atoms with Crippen molar-refractivity contribution < 1.29 is 27.7 Å². The highest BCUT2D eigenvalue weighted by molar-refractivity contribution is 7.86. The van der Waals surface area contributed by atoms with Crippen molar-refractivity contribution in [2.24, 2.45) is 20.5 Å². The molecule has 0 spiro atoms. The summed E-state index contributed by atoms with van der Waals surface area (Å²) in [6.45, 7) is 1.61. The molecular formula is C38H26Cl4N10O6S2. The number of pyridine rings is 1. The van der Waals surface area contributed by atoms with Crippen molar-refractivity contribution in [1.29, 1.82) is 5.26 Å². The number of carbonyl (C=O) groups is 2. The summed E-state index contributed by atoms with van der Waals surface area (Å²) in [6.07, 6.45) is -0.575. The number of rotatable bonds is 14. The van der Waals surface area contributed by atoms with Gasteiger partial charge in [-0.05, 0) is 79.7 Å². The molecule has 0 saturated heterocycles. The lowest BCUT2D eigenvalue weighted by Gasteiger charge is -2.16. The van der Waals surface area contributed by atoms with Gasteiger partial charge in [0.15, 0.2) is 16.6 Å². The average molecular weight is 925 g/mol. The molecule has 0 fully saturated rings. The van der Waals surface area contributed by atoms with Gasteiger partial charge >= 0.3 is 5.97 Å². The molecule has 2 aromatic heterocycles. The van der Waals surface area contributed by atoms with Crippen molar-refractivity contribution in [3.8, 4) is 17.3 Å². The highest BCUT2D eigenvalue weighted by Crippen LogP contribution is 2.43. The number of carbonyl (C=O) groups excluding carboxylic acids is 1. The number of nitrogens with zero attached hydrogens (tertiary/aromatic N) is 7. The fourth-order valence-corrected chi connectivity index (χ4v) is 7.44. The summed E-state index contributed by atoms with van der Waals surface area (Å²) >= 11 is 25.6. The van der Waals surface area contributed by atoms with E-state index in [2.05, 4.69) is 52.4 Å². The fourth-order valence-electron chi connectivity index (χ4n) is 5.26. The Morgan fingerprint density at radius 2 is 1.50 bits per heavy atom.